The van der Waals surface area contributed by atoms with Gasteiger partial charge in [-0.1, -0.05) is 6.07 Å². The van der Waals surface area contributed by atoms with Gasteiger partial charge in [0.05, 0.1) is 5.69 Å². The molecule has 0 saturated heterocycles. The van der Waals surface area contributed by atoms with Gasteiger partial charge in [0, 0.05) is 0 Å². The predicted octanol–water partition coefficient (Wildman–Crippen LogP) is 1.95. The van der Waals surface area contributed by atoms with Crippen molar-refractivity contribution in [1.29, 1.82) is 0 Å². The molecule has 0 radical (unpaired) electrons. The number of anilines is 1. The van der Waals surface area contributed by atoms with Gasteiger partial charge >= 0.3 is 0 Å². The summed E-state index contributed by atoms with van der Waals surface area (Å²) in [6.45, 7) is 0.357. The van der Waals surface area contributed by atoms with Crippen LogP contribution < -0.4 is 10.5 Å². The van der Waals surface area contributed by atoms with Crippen molar-refractivity contribution in [2.24, 2.45) is 0 Å². The van der Waals surface area contributed by atoms with Crippen LogP contribution in [0.4, 0.5) is 5.82 Å². The first kappa shape index (κ1) is 10.3. The van der Waals surface area contributed by atoms with Crippen LogP contribution in [-0.2, 0) is 6.61 Å². The highest BCUT2D eigenvalue weighted by Crippen LogP contribution is 2.16. The van der Waals surface area contributed by atoms with Gasteiger partial charge in [-0.2, -0.15) is 0 Å². The standard InChI is InChI=1S/C12H12N2O2/c13-12-3-1-2-9(14-12)8-16-11-6-4-10(15)5-7-11/h1-7,15H,8H2,(H2,13,14). The number of aromatic hydroxyl groups is 1. The molecule has 4 nitrogen and oxygen atoms in total. The van der Waals surface area contributed by atoms with Crippen LogP contribution in [0.1, 0.15) is 5.69 Å². The molecule has 3 N–H and O–H groups in total. The molecule has 0 atom stereocenters. The molecule has 1 heterocycles. The van der Waals surface area contributed by atoms with Crippen molar-refractivity contribution in [3.63, 3.8) is 0 Å². The third-order valence-corrected chi connectivity index (χ3v) is 2.05. The smallest absolute Gasteiger partial charge is 0.130 e. The third kappa shape index (κ3) is 2.63. The molecule has 0 saturated carbocycles. The summed E-state index contributed by atoms with van der Waals surface area (Å²) < 4.78 is 5.47. The number of phenols is 1. The Hall–Kier alpha value is -2.23. The average molecular weight is 216 g/mol. The Bertz CT molecular complexity index is 469. The minimum Gasteiger partial charge on any atom is -0.508 e. The Kier molecular flexibility index (Phi) is 2.91. The van der Waals surface area contributed by atoms with E-state index in [1.807, 2.05) is 12.1 Å². The molecule has 0 aliphatic rings. The zero-order chi connectivity index (χ0) is 11.4. The normalized spacial score (nSPS) is 10.0. The number of nitrogens with zero attached hydrogens (tertiary/aromatic N) is 1. The summed E-state index contributed by atoms with van der Waals surface area (Å²) in [5, 5.41) is 9.09. The van der Waals surface area contributed by atoms with Crippen molar-refractivity contribution < 1.29 is 9.84 Å². The number of pyridine rings is 1. The Morgan fingerprint density at radius 1 is 1.12 bits per heavy atom. The van der Waals surface area contributed by atoms with Crippen LogP contribution in [-0.4, -0.2) is 10.1 Å². The van der Waals surface area contributed by atoms with Gasteiger partial charge in [-0.15, -0.1) is 0 Å². The Morgan fingerprint density at radius 2 is 1.88 bits per heavy atom. The molecule has 0 spiro atoms. The first-order valence-electron chi connectivity index (χ1n) is 4.87. The Morgan fingerprint density at radius 3 is 2.56 bits per heavy atom. The monoisotopic (exact) mass is 216 g/mol. The largest absolute Gasteiger partial charge is 0.508 e. The number of nitrogen functional groups attached to an aromatic ring is 1. The van der Waals surface area contributed by atoms with E-state index in [0.29, 0.717) is 18.2 Å². The van der Waals surface area contributed by atoms with E-state index in [4.69, 9.17) is 15.6 Å². The van der Waals surface area contributed by atoms with Crippen LogP contribution in [0.25, 0.3) is 0 Å². The predicted molar refractivity (Wildman–Crippen MR) is 61.1 cm³/mol. The van der Waals surface area contributed by atoms with Crippen LogP contribution in [0.2, 0.25) is 0 Å². The fraction of sp³-hybridized carbons (Fsp3) is 0.0833. The zero-order valence-corrected chi connectivity index (χ0v) is 8.63. The minimum absolute atomic E-state index is 0.217. The van der Waals surface area contributed by atoms with E-state index in [0.717, 1.165) is 5.69 Å². The Balaban J connectivity index is 1.99. The van der Waals surface area contributed by atoms with Crippen molar-refractivity contribution in [3.8, 4) is 11.5 Å². The van der Waals surface area contributed by atoms with E-state index in [9.17, 15) is 0 Å². The van der Waals surface area contributed by atoms with E-state index in [2.05, 4.69) is 4.98 Å². The molecule has 4 heteroatoms. The lowest BCUT2D eigenvalue weighted by atomic mass is 10.3. The van der Waals surface area contributed by atoms with Crippen molar-refractivity contribution in [2.75, 3.05) is 5.73 Å². The average Bonchev–Trinajstić information content (AvgIpc) is 2.28. The summed E-state index contributed by atoms with van der Waals surface area (Å²) in [7, 11) is 0. The molecule has 1 aromatic heterocycles. The van der Waals surface area contributed by atoms with E-state index in [1.165, 1.54) is 0 Å². The van der Waals surface area contributed by atoms with Gasteiger partial charge in [0.15, 0.2) is 0 Å². The van der Waals surface area contributed by atoms with Crippen molar-refractivity contribution >= 4 is 5.82 Å². The van der Waals surface area contributed by atoms with Crippen molar-refractivity contribution in [1.82, 2.24) is 4.98 Å². The molecule has 1 aromatic carbocycles. The SMILES string of the molecule is Nc1cccc(COc2ccc(O)cc2)n1. The molecular formula is C12H12N2O2. The highest BCUT2D eigenvalue weighted by molar-refractivity contribution is 5.31. The number of ether oxygens (including phenoxy) is 1. The van der Waals surface area contributed by atoms with Crippen LogP contribution in [0.15, 0.2) is 42.5 Å². The molecule has 0 fully saturated rings. The summed E-state index contributed by atoms with van der Waals surface area (Å²) in [6, 6.07) is 11.9. The second-order valence-corrected chi connectivity index (χ2v) is 3.34. The Labute approximate surface area is 93.3 Å². The summed E-state index contributed by atoms with van der Waals surface area (Å²) in [5.41, 5.74) is 6.32. The lowest BCUT2D eigenvalue weighted by Crippen LogP contribution is -2.00. The maximum Gasteiger partial charge on any atom is 0.130 e. The second kappa shape index (κ2) is 4.53. The highest BCUT2D eigenvalue weighted by Gasteiger charge is 1.97. The van der Waals surface area contributed by atoms with Crippen molar-refractivity contribution in [3.05, 3.63) is 48.2 Å². The maximum atomic E-state index is 9.09. The van der Waals surface area contributed by atoms with Crippen molar-refractivity contribution in [2.45, 2.75) is 6.61 Å². The first-order chi connectivity index (χ1) is 7.74. The van der Waals surface area contributed by atoms with Gasteiger partial charge in [0.2, 0.25) is 0 Å². The topological polar surface area (TPSA) is 68.4 Å². The van der Waals surface area contributed by atoms with Crippen LogP contribution >= 0.6 is 0 Å². The number of rotatable bonds is 3. The van der Waals surface area contributed by atoms with Crippen LogP contribution in [0, 0.1) is 0 Å². The number of hydrogen-bond donors (Lipinski definition) is 2. The van der Waals surface area contributed by atoms with Gasteiger partial charge in [0.25, 0.3) is 0 Å². The summed E-state index contributed by atoms with van der Waals surface area (Å²) >= 11 is 0. The van der Waals surface area contributed by atoms with Crippen LogP contribution in [0.5, 0.6) is 11.5 Å². The third-order valence-electron chi connectivity index (χ3n) is 2.05. The molecule has 0 bridgehead atoms. The van der Waals surface area contributed by atoms with Gasteiger partial charge in [-0.25, -0.2) is 4.98 Å². The van der Waals surface area contributed by atoms with Crippen LogP contribution in [0.3, 0.4) is 0 Å². The molecule has 0 amide bonds. The maximum absolute atomic E-state index is 9.09. The number of nitrogens with two attached hydrogens (primary N) is 1. The number of aromatic nitrogens is 1. The first-order valence-corrected chi connectivity index (χ1v) is 4.87. The van der Waals surface area contributed by atoms with E-state index >= 15 is 0 Å². The summed E-state index contributed by atoms with van der Waals surface area (Å²) in [5.74, 6) is 1.38. The number of phenolic OH excluding ortho intramolecular Hbond substituents is 1. The van der Waals surface area contributed by atoms with Gasteiger partial charge < -0.3 is 15.6 Å². The van der Waals surface area contributed by atoms with E-state index in [-0.39, 0.29) is 5.75 Å². The van der Waals surface area contributed by atoms with Gasteiger partial charge in [0.1, 0.15) is 23.9 Å². The zero-order valence-electron chi connectivity index (χ0n) is 8.63. The molecular weight excluding hydrogens is 204 g/mol. The highest BCUT2D eigenvalue weighted by atomic mass is 16.5. The molecule has 0 aliphatic heterocycles. The minimum atomic E-state index is 0.217. The van der Waals surface area contributed by atoms with Gasteiger partial charge in [-0.3, -0.25) is 0 Å². The number of benzene rings is 1. The summed E-state index contributed by atoms with van der Waals surface area (Å²) in [4.78, 5) is 4.11. The lowest BCUT2D eigenvalue weighted by molar-refractivity contribution is 0.301. The van der Waals surface area contributed by atoms with Gasteiger partial charge in [-0.05, 0) is 36.4 Å². The molecule has 82 valence electrons. The quantitative estimate of drug-likeness (QED) is 0.822. The molecule has 2 rings (SSSR count). The fourth-order valence-corrected chi connectivity index (χ4v) is 1.28. The molecule has 0 unspecified atom stereocenters. The lowest BCUT2D eigenvalue weighted by Gasteiger charge is -2.05. The molecule has 0 aliphatic carbocycles. The number of hydrogen-bond acceptors (Lipinski definition) is 4. The fourth-order valence-electron chi connectivity index (χ4n) is 1.28. The van der Waals surface area contributed by atoms with E-state index < -0.39 is 0 Å². The molecule has 16 heavy (non-hydrogen) atoms. The van der Waals surface area contributed by atoms with E-state index in [1.54, 1.807) is 30.3 Å². The second-order valence-electron chi connectivity index (χ2n) is 3.34. The summed E-state index contributed by atoms with van der Waals surface area (Å²) in [6.07, 6.45) is 0. The molecule has 2 aromatic rings.